The summed E-state index contributed by atoms with van der Waals surface area (Å²) in [6, 6.07) is 0. The molecule has 1 atom stereocenters. The van der Waals surface area contributed by atoms with E-state index in [1.54, 1.807) is 7.11 Å². The number of hydrogen-bond acceptors (Lipinski definition) is 1. The minimum atomic E-state index is 0.537. The van der Waals surface area contributed by atoms with Crippen LogP contribution < -0.4 is 0 Å². The van der Waals surface area contributed by atoms with E-state index in [0.717, 1.165) is 6.10 Å². The summed E-state index contributed by atoms with van der Waals surface area (Å²) in [6.45, 7) is 4.42. The van der Waals surface area contributed by atoms with Gasteiger partial charge in [0.05, 0.1) is 0 Å². The van der Waals surface area contributed by atoms with Gasteiger partial charge in [0.25, 0.3) is 0 Å². The third kappa shape index (κ3) is 2.48. The molecule has 0 N–H and O–H groups in total. The Morgan fingerprint density at radius 3 is 2.73 bits per heavy atom. The largest absolute Gasteiger partial charge is 0.375 e. The van der Waals surface area contributed by atoms with Crippen LogP contribution in [0.1, 0.15) is 13.8 Å². The van der Waals surface area contributed by atoms with E-state index in [2.05, 4.69) is 33.1 Å². The standard InChI is InChI=1S/C10H15O/c1-8(2)9-5-4-6-10(7-9)11-3/h4-9H,1-3H3. The summed E-state index contributed by atoms with van der Waals surface area (Å²) in [5.74, 6) is 1.19. The lowest BCUT2D eigenvalue weighted by atomic mass is 9.80. The van der Waals surface area contributed by atoms with Crippen LogP contribution in [0, 0.1) is 43.6 Å². The summed E-state index contributed by atoms with van der Waals surface area (Å²) in [6.07, 6.45) is 9.38. The lowest BCUT2D eigenvalue weighted by Crippen LogP contribution is -2.21. The van der Waals surface area contributed by atoms with Crippen LogP contribution in [-0.2, 0) is 4.74 Å². The monoisotopic (exact) mass is 151 g/mol. The van der Waals surface area contributed by atoms with E-state index in [0.29, 0.717) is 11.8 Å². The smallest absolute Gasteiger partial charge is 0.104 e. The highest BCUT2D eigenvalue weighted by atomic mass is 16.5. The van der Waals surface area contributed by atoms with Gasteiger partial charge in [-0.3, -0.25) is 0 Å². The number of hydrogen-bond donors (Lipinski definition) is 0. The summed E-state index contributed by atoms with van der Waals surface area (Å²) in [5, 5.41) is 0. The molecule has 1 heteroatoms. The maximum atomic E-state index is 5.13. The predicted octanol–water partition coefficient (Wildman–Crippen LogP) is 2.27. The maximum Gasteiger partial charge on any atom is 0.104 e. The molecule has 0 aliphatic heterocycles. The molecule has 1 saturated carbocycles. The van der Waals surface area contributed by atoms with E-state index in [1.165, 1.54) is 0 Å². The lowest BCUT2D eigenvalue weighted by Gasteiger charge is -2.28. The Morgan fingerprint density at radius 1 is 1.45 bits per heavy atom. The molecule has 0 aromatic rings. The zero-order valence-corrected chi connectivity index (χ0v) is 7.37. The highest BCUT2D eigenvalue weighted by Crippen LogP contribution is 2.31. The quantitative estimate of drug-likeness (QED) is 0.588. The van der Waals surface area contributed by atoms with Crippen LogP contribution in [0.3, 0.4) is 0 Å². The van der Waals surface area contributed by atoms with Gasteiger partial charge in [0.15, 0.2) is 0 Å². The number of rotatable bonds is 2. The maximum absolute atomic E-state index is 5.13. The SMILES string of the molecule is CO[C]1[CH][CH][CH]C(C(C)C)[CH]1. The molecule has 1 rings (SSSR count). The van der Waals surface area contributed by atoms with E-state index < -0.39 is 0 Å². The average molecular weight is 151 g/mol. The van der Waals surface area contributed by atoms with Crippen molar-refractivity contribution in [3.8, 4) is 0 Å². The van der Waals surface area contributed by atoms with Gasteiger partial charge in [-0.1, -0.05) is 13.8 Å². The topological polar surface area (TPSA) is 9.23 Å². The van der Waals surface area contributed by atoms with E-state index in [4.69, 9.17) is 4.74 Å². The molecule has 11 heavy (non-hydrogen) atoms. The summed E-state index contributed by atoms with van der Waals surface area (Å²) in [4.78, 5) is 0. The second kappa shape index (κ2) is 4.10. The van der Waals surface area contributed by atoms with Gasteiger partial charge in [0.2, 0.25) is 0 Å². The summed E-state index contributed by atoms with van der Waals surface area (Å²) >= 11 is 0. The molecular weight excluding hydrogens is 136 g/mol. The summed E-state index contributed by atoms with van der Waals surface area (Å²) in [5.41, 5.74) is 0. The van der Waals surface area contributed by atoms with Gasteiger partial charge in [0.1, 0.15) is 6.10 Å². The van der Waals surface area contributed by atoms with E-state index in [-0.39, 0.29) is 0 Å². The number of methoxy groups -OCH3 is 1. The molecule has 0 saturated heterocycles. The van der Waals surface area contributed by atoms with Crippen molar-refractivity contribution in [3.05, 3.63) is 31.8 Å². The third-order valence-corrected chi connectivity index (χ3v) is 1.96. The van der Waals surface area contributed by atoms with Crippen LogP contribution in [-0.4, -0.2) is 7.11 Å². The van der Waals surface area contributed by atoms with Crippen LogP contribution in [0.4, 0.5) is 0 Å². The zero-order chi connectivity index (χ0) is 8.27. The Kier molecular flexibility index (Phi) is 3.38. The Morgan fingerprint density at radius 2 is 2.18 bits per heavy atom. The normalized spacial score (nSPS) is 27.8. The Bertz CT molecular complexity index is 109. The third-order valence-electron chi connectivity index (χ3n) is 1.96. The Hall–Kier alpha value is -0.0400. The summed E-state index contributed by atoms with van der Waals surface area (Å²) < 4.78 is 5.13. The molecule has 1 aliphatic rings. The first-order chi connectivity index (χ1) is 5.24. The fourth-order valence-corrected chi connectivity index (χ4v) is 1.13. The first-order valence-corrected chi connectivity index (χ1v) is 4.01. The predicted molar refractivity (Wildman–Crippen MR) is 45.8 cm³/mol. The van der Waals surface area contributed by atoms with Crippen LogP contribution in [0.15, 0.2) is 0 Å². The van der Waals surface area contributed by atoms with Crippen molar-refractivity contribution < 1.29 is 4.74 Å². The van der Waals surface area contributed by atoms with E-state index in [9.17, 15) is 0 Å². The van der Waals surface area contributed by atoms with Crippen molar-refractivity contribution in [1.29, 1.82) is 0 Å². The molecular formula is C10H15O. The van der Waals surface area contributed by atoms with Crippen LogP contribution in [0.25, 0.3) is 0 Å². The molecule has 0 heterocycles. The molecule has 1 nitrogen and oxygen atoms in total. The molecule has 0 aromatic heterocycles. The second-order valence-corrected chi connectivity index (χ2v) is 3.15. The molecule has 61 valence electrons. The van der Waals surface area contributed by atoms with E-state index in [1.807, 2.05) is 6.42 Å². The van der Waals surface area contributed by atoms with Gasteiger partial charge in [-0.15, -0.1) is 0 Å². The molecule has 0 bridgehead atoms. The van der Waals surface area contributed by atoms with E-state index >= 15 is 0 Å². The fraction of sp³-hybridized carbons (Fsp3) is 0.500. The van der Waals surface area contributed by atoms with Crippen molar-refractivity contribution in [2.45, 2.75) is 13.8 Å². The lowest BCUT2D eigenvalue weighted by molar-refractivity contribution is 0.221. The summed E-state index contributed by atoms with van der Waals surface area (Å²) in [7, 11) is 1.71. The Balaban J connectivity index is 2.33. The minimum absolute atomic E-state index is 0.537. The van der Waals surface area contributed by atoms with Gasteiger partial charge in [-0.25, -0.2) is 0 Å². The van der Waals surface area contributed by atoms with Crippen LogP contribution in [0.2, 0.25) is 0 Å². The fourth-order valence-electron chi connectivity index (χ4n) is 1.13. The molecule has 0 spiro atoms. The van der Waals surface area contributed by atoms with Gasteiger partial charge in [-0.2, -0.15) is 0 Å². The minimum Gasteiger partial charge on any atom is -0.375 e. The molecule has 5 radical (unpaired) electrons. The zero-order valence-electron chi connectivity index (χ0n) is 7.37. The Labute approximate surface area is 70.1 Å². The second-order valence-electron chi connectivity index (χ2n) is 3.15. The van der Waals surface area contributed by atoms with Crippen molar-refractivity contribution in [2.24, 2.45) is 11.8 Å². The molecule has 1 aliphatic carbocycles. The van der Waals surface area contributed by atoms with Crippen molar-refractivity contribution in [3.63, 3.8) is 0 Å². The molecule has 0 aromatic carbocycles. The first kappa shape index (κ1) is 9.05. The van der Waals surface area contributed by atoms with Gasteiger partial charge in [0, 0.05) is 20.0 Å². The highest BCUT2D eigenvalue weighted by Gasteiger charge is 2.25. The molecule has 1 fully saturated rings. The molecule has 0 amide bonds. The number of ether oxygens (including phenoxy) is 1. The van der Waals surface area contributed by atoms with Crippen molar-refractivity contribution in [2.75, 3.05) is 7.11 Å². The average Bonchev–Trinajstić information content (AvgIpc) is 2.05. The van der Waals surface area contributed by atoms with Crippen LogP contribution in [0.5, 0.6) is 0 Å². The van der Waals surface area contributed by atoms with Gasteiger partial charge >= 0.3 is 0 Å². The van der Waals surface area contributed by atoms with Crippen LogP contribution >= 0.6 is 0 Å². The van der Waals surface area contributed by atoms with Gasteiger partial charge < -0.3 is 4.74 Å². The molecule has 1 unspecified atom stereocenters. The van der Waals surface area contributed by atoms with Crippen molar-refractivity contribution in [1.82, 2.24) is 0 Å². The first-order valence-electron chi connectivity index (χ1n) is 4.01. The van der Waals surface area contributed by atoms with Gasteiger partial charge in [-0.05, 0) is 24.7 Å². The van der Waals surface area contributed by atoms with Crippen molar-refractivity contribution >= 4 is 0 Å². The highest BCUT2D eigenvalue weighted by molar-refractivity contribution is 5.26.